The number of rotatable bonds is 1. The van der Waals surface area contributed by atoms with Gasteiger partial charge < -0.3 is 10.1 Å². The average molecular weight is 296 g/mol. The Morgan fingerprint density at radius 2 is 1.81 bits per heavy atom. The van der Waals surface area contributed by atoms with Crippen LogP contribution < -0.4 is 10.1 Å². The topological polar surface area (TPSA) is 21.3 Å². The first-order valence-corrected chi connectivity index (χ1v) is 7.37. The van der Waals surface area contributed by atoms with Crippen molar-refractivity contribution in [3.8, 4) is 5.75 Å². The highest BCUT2D eigenvalue weighted by Crippen LogP contribution is 2.39. The molecule has 3 aromatic rings. The Hall–Kier alpha value is -2.19. The van der Waals surface area contributed by atoms with Crippen LogP contribution in [0.25, 0.3) is 10.8 Å². The fourth-order valence-electron chi connectivity index (χ4n) is 2.75. The van der Waals surface area contributed by atoms with Crippen LogP contribution >= 0.6 is 11.6 Å². The lowest BCUT2D eigenvalue weighted by molar-refractivity contribution is 0.211. The lowest BCUT2D eigenvalue weighted by Crippen LogP contribution is -2.23. The molecule has 2 nitrogen and oxygen atoms in total. The van der Waals surface area contributed by atoms with Crippen molar-refractivity contribution in [1.29, 1.82) is 0 Å². The fourth-order valence-corrected chi connectivity index (χ4v) is 2.97. The number of anilines is 1. The fraction of sp³-hybridized carbons (Fsp3) is 0.111. The van der Waals surface area contributed by atoms with Crippen LogP contribution in [0.4, 0.5) is 5.69 Å². The predicted octanol–water partition coefficient (Wildman–Crippen LogP) is 5.04. The van der Waals surface area contributed by atoms with Crippen LogP contribution in [0.5, 0.6) is 5.75 Å². The van der Waals surface area contributed by atoms with Crippen molar-refractivity contribution in [2.24, 2.45) is 0 Å². The first kappa shape index (κ1) is 12.5. The Morgan fingerprint density at radius 1 is 0.952 bits per heavy atom. The number of fused-ring (bicyclic) bond motifs is 2. The third-order valence-electron chi connectivity index (χ3n) is 3.85. The number of hydrogen-bond acceptors (Lipinski definition) is 2. The average Bonchev–Trinajstić information content (AvgIpc) is 2.54. The maximum Gasteiger partial charge on any atom is 0.161 e. The molecule has 1 unspecified atom stereocenters. The minimum absolute atomic E-state index is 0.0259. The third-order valence-corrected chi connectivity index (χ3v) is 4.15. The lowest BCUT2D eigenvalue weighted by Gasteiger charge is -2.28. The minimum Gasteiger partial charge on any atom is -0.480 e. The van der Waals surface area contributed by atoms with E-state index in [1.54, 1.807) is 0 Å². The summed E-state index contributed by atoms with van der Waals surface area (Å²) in [6, 6.07) is 20.5. The standard InChI is InChI=1S/C18H14ClNO/c19-15-6-3-7-16-18(15)21-17(11-20-16)14-9-8-12-4-1-2-5-13(12)10-14/h1-10,17,20H,11H2. The predicted molar refractivity (Wildman–Crippen MR) is 87.3 cm³/mol. The van der Waals surface area contributed by atoms with Gasteiger partial charge in [0.25, 0.3) is 0 Å². The number of hydrogen-bond donors (Lipinski definition) is 1. The normalized spacial score (nSPS) is 16.9. The van der Waals surface area contributed by atoms with Crippen molar-refractivity contribution >= 4 is 28.1 Å². The molecule has 4 rings (SSSR count). The van der Waals surface area contributed by atoms with E-state index in [4.69, 9.17) is 16.3 Å². The van der Waals surface area contributed by atoms with Crippen molar-refractivity contribution < 1.29 is 4.74 Å². The first-order chi connectivity index (χ1) is 10.3. The van der Waals surface area contributed by atoms with Crippen LogP contribution in [0.2, 0.25) is 5.02 Å². The summed E-state index contributed by atoms with van der Waals surface area (Å²) in [5.41, 5.74) is 2.12. The van der Waals surface area contributed by atoms with Crippen LogP contribution in [-0.2, 0) is 0 Å². The summed E-state index contributed by atoms with van der Waals surface area (Å²) < 4.78 is 6.10. The second kappa shape index (κ2) is 4.97. The van der Waals surface area contributed by atoms with Gasteiger partial charge in [-0.1, -0.05) is 54.1 Å². The molecule has 1 atom stereocenters. The van der Waals surface area contributed by atoms with Gasteiger partial charge in [-0.3, -0.25) is 0 Å². The summed E-state index contributed by atoms with van der Waals surface area (Å²) in [4.78, 5) is 0. The molecule has 0 aliphatic carbocycles. The Bertz CT molecular complexity index is 815. The van der Waals surface area contributed by atoms with Gasteiger partial charge in [0.1, 0.15) is 6.10 Å². The summed E-state index contributed by atoms with van der Waals surface area (Å²) in [6.07, 6.45) is -0.0259. The molecule has 0 saturated heterocycles. The molecule has 1 heterocycles. The van der Waals surface area contributed by atoms with Gasteiger partial charge in [0.2, 0.25) is 0 Å². The zero-order valence-electron chi connectivity index (χ0n) is 11.3. The van der Waals surface area contributed by atoms with Gasteiger partial charge >= 0.3 is 0 Å². The molecule has 0 saturated carbocycles. The quantitative estimate of drug-likeness (QED) is 0.679. The van der Waals surface area contributed by atoms with E-state index in [1.165, 1.54) is 10.8 Å². The Balaban J connectivity index is 1.72. The summed E-state index contributed by atoms with van der Waals surface area (Å²) in [5, 5.41) is 6.50. The first-order valence-electron chi connectivity index (χ1n) is 6.99. The number of halogens is 1. The van der Waals surface area contributed by atoms with Crippen LogP contribution in [0.3, 0.4) is 0 Å². The highest BCUT2D eigenvalue weighted by molar-refractivity contribution is 6.32. The number of benzene rings is 3. The van der Waals surface area contributed by atoms with E-state index < -0.39 is 0 Å². The van der Waals surface area contributed by atoms with Gasteiger partial charge in [0.05, 0.1) is 17.3 Å². The molecule has 104 valence electrons. The molecule has 0 amide bonds. The molecule has 0 spiro atoms. The monoisotopic (exact) mass is 295 g/mol. The smallest absolute Gasteiger partial charge is 0.161 e. The van der Waals surface area contributed by atoms with Crippen molar-refractivity contribution in [3.63, 3.8) is 0 Å². The van der Waals surface area contributed by atoms with Gasteiger partial charge in [-0.15, -0.1) is 0 Å². The van der Waals surface area contributed by atoms with Gasteiger partial charge in [-0.2, -0.15) is 0 Å². The van der Waals surface area contributed by atoms with Gasteiger partial charge in [0, 0.05) is 0 Å². The van der Waals surface area contributed by atoms with Crippen molar-refractivity contribution in [1.82, 2.24) is 0 Å². The SMILES string of the molecule is Clc1cccc2c1OC(c1ccc3ccccc3c1)CN2. The van der Waals surface area contributed by atoms with Crippen molar-refractivity contribution in [2.75, 3.05) is 11.9 Å². The van der Waals surface area contributed by atoms with Gasteiger partial charge in [-0.05, 0) is 34.5 Å². The van der Waals surface area contributed by atoms with E-state index in [2.05, 4.69) is 47.8 Å². The van der Waals surface area contributed by atoms with Crippen LogP contribution in [0.1, 0.15) is 11.7 Å². The molecule has 21 heavy (non-hydrogen) atoms. The molecule has 1 aliphatic rings. The maximum atomic E-state index is 6.23. The summed E-state index contributed by atoms with van der Waals surface area (Å²) in [6.45, 7) is 0.742. The van der Waals surface area contributed by atoms with E-state index in [0.29, 0.717) is 5.02 Å². The van der Waals surface area contributed by atoms with E-state index in [-0.39, 0.29) is 6.10 Å². The highest BCUT2D eigenvalue weighted by atomic mass is 35.5. The Kier molecular flexibility index (Phi) is 2.97. The molecule has 0 bridgehead atoms. The highest BCUT2D eigenvalue weighted by Gasteiger charge is 2.22. The summed E-state index contributed by atoms with van der Waals surface area (Å²) >= 11 is 6.23. The van der Waals surface area contributed by atoms with Crippen LogP contribution in [0.15, 0.2) is 60.7 Å². The summed E-state index contributed by atoms with van der Waals surface area (Å²) in [7, 11) is 0. The lowest BCUT2D eigenvalue weighted by atomic mass is 10.0. The molecule has 3 aromatic carbocycles. The molecule has 3 heteroatoms. The molecule has 0 radical (unpaired) electrons. The molecule has 1 N–H and O–H groups in total. The zero-order valence-corrected chi connectivity index (χ0v) is 12.1. The van der Waals surface area contributed by atoms with E-state index in [9.17, 15) is 0 Å². The second-order valence-electron chi connectivity index (χ2n) is 5.21. The molecular weight excluding hydrogens is 282 g/mol. The van der Waals surface area contributed by atoms with Crippen molar-refractivity contribution in [2.45, 2.75) is 6.10 Å². The summed E-state index contributed by atoms with van der Waals surface area (Å²) in [5.74, 6) is 0.739. The molecule has 0 aromatic heterocycles. The molecule has 0 fully saturated rings. The minimum atomic E-state index is -0.0259. The van der Waals surface area contributed by atoms with Crippen molar-refractivity contribution in [3.05, 3.63) is 71.2 Å². The second-order valence-corrected chi connectivity index (χ2v) is 5.62. The van der Waals surface area contributed by atoms with E-state index in [1.807, 2.05) is 18.2 Å². The van der Waals surface area contributed by atoms with E-state index >= 15 is 0 Å². The Morgan fingerprint density at radius 3 is 2.71 bits per heavy atom. The van der Waals surface area contributed by atoms with E-state index in [0.717, 1.165) is 23.5 Å². The van der Waals surface area contributed by atoms with Gasteiger partial charge in [-0.25, -0.2) is 0 Å². The largest absolute Gasteiger partial charge is 0.480 e. The number of nitrogens with one attached hydrogen (secondary N) is 1. The maximum absolute atomic E-state index is 6.23. The third kappa shape index (κ3) is 2.22. The van der Waals surface area contributed by atoms with Gasteiger partial charge in [0.15, 0.2) is 5.75 Å². The number of ether oxygens (including phenoxy) is 1. The molecule has 1 aliphatic heterocycles. The number of para-hydroxylation sites is 1. The molecular formula is C18H14ClNO. The zero-order chi connectivity index (χ0) is 14.2. The van der Waals surface area contributed by atoms with Crippen LogP contribution in [-0.4, -0.2) is 6.54 Å². The van der Waals surface area contributed by atoms with Crippen LogP contribution in [0, 0.1) is 0 Å². The Labute approximate surface area is 128 Å².